The van der Waals surface area contributed by atoms with E-state index in [1.54, 1.807) is 6.92 Å². The summed E-state index contributed by atoms with van der Waals surface area (Å²) in [5, 5.41) is 13.7. The Bertz CT molecular complexity index is 1410. The molecule has 0 atom stereocenters. The summed E-state index contributed by atoms with van der Waals surface area (Å²) >= 11 is 0. The van der Waals surface area contributed by atoms with E-state index >= 15 is 0 Å². The number of aromatic carboxylic acids is 1. The third-order valence-corrected chi connectivity index (χ3v) is 5.65. The Labute approximate surface area is 212 Å². The van der Waals surface area contributed by atoms with Crippen LogP contribution < -0.4 is 10.6 Å². The number of halogens is 6. The van der Waals surface area contributed by atoms with Crippen LogP contribution >= 0.6 is 0 Å². The lowest BCUT2D eigenvalue weighted by molar-refractivity contribution is -0.139. The molecular formula is C26H20F6N2O4. The molecule has 0 saturated carbocycles. The van der Waals surface area contributed by atoms with Gasteiger partial charge in [-0.05, 0) is 59.5 Å². The first-order chi connectivity index (χ1) is 17.7. The second-order valence-corrected chi connectivity index (χ2v) is 8.09. The van der Waals surface area contributed by atoms with Gasteiger partial charge in [-0.1, -0.05) is 25.1 Å². The summed E-state index contributed by atoms with van der Waals surface area (Å²) < 4.78 is 83.0. The maximum Gasteiger partial charge on any atom is 0.417 e. The predicted molar refractivity (Wildman–Crippen MR) is 126 cm³/mol. The number of amides is 2. The SMILES string of the molecule is CCc1ccc(-c2ccc(NC(=O)c3ccc(C(=O)O)c(C(=O)NC)c3)cc2C(F)(F)F)c(C(F)(F)F)c1. The highest BCUT2D eigenvalue weighted by molar-refractivity contribution is 6.09. The number of aryl methyl sites for hydroxylation is 1. The smallest absolute Gasteiger partial charge is 0.417 e. The fourth-order valence-corrected chi connectivity index (χ4v) is 3.77. The third-order valence-electron chi connectivity index (χ3n) is 5.65. The molecule has 0 spiro atoms. The first-order valence-corrected chi connectivity index (χ1v) is 11.0. The molecule has 38 heavy (non-hydrogen) atoms. The normalized spacial score (nSPS) is 11.7. The Balaban J connectivity index is 2.06. The molecule has 0 unspecified atom stereocenters. The summed E-state index contributed by atoms with van der Waals surface area (Å²) in [7, 11) is 1.24. The summed E-state index contributed by atoms with van der Waals surface area (Å²) in [4.78, 5) is 36.1. The van der Waals surface area contributed by atoms with Crippen molar-refractivity contribution in [1.29, 1.82) is 0 Å². The molecule has 0 aliphatic rings. The van der Waals surface area contributed by atoms with E-state index in [1.165, 1.54) is 13.1 Å². The lowest BCUT2D eigenvalue weighted by Crippen LogP contribution is -2.22. The summed E-state index contributed by atoms with van der Waals surface area (Å²) in [6.45, 7) is 1.61. The molecule has 3 N–H and O–H groups in total. The third kappa shape index (κ3) is 5.96. The van der Waals surface area contributed by atoms with Gasteiger partial charge in [-0.25, -0.2) is 4.79 Å². The number of carboxylic acids is 1. The Hall–Kier alpha value is -4.35. The van der Waals surface area contributed by atoms with Crippen molar-refractivity contribution in [2.75, 3.05) is 12.4 Å². The molecule has 200 valence electrons. The molecule has 0 fully saturated rings. The maximum absolute atomic E-state index is 14.0. The van der Waals surface area contributed by atoms with Crippen LogP contribution in [-0.4, -0.2) is 29.9 Å². The van der Waals surface area contributed by atoms with E-state index < -0.39 is 58.0 Å². The minimum atomic E-state index is -5.07. The highest BCUT2D eigenvalue weighted by atomic mass is 19.4. The van der Waals surface area contributed by atoms with Crippen molar-refractivity contribution in [2.24, 2.45) is 0 Å². The number of carboxylic acid groups (broad SMARTS) is 1. The van der Waals surface area contributed by atoms with Crippen LogP contribution in [0.2, 0.25) is 0 Å². The first-order valence-electron chi connectivity index (χ1n) is 11.0. The number of nitrogens with one attached hydrogen (secondary N) is 2. The molecule has 0 saturated heterocycles. The Morgan fingerprint density at radius 1 is 0.763 bits per heavy atom. The van der Waals surface area contributed by atoms with Gasteiger partial charge in [0.15, 0.2) is 0 Å². The van der Waals surface area contributed by atoms with Gasteiger partial charge in [0.25, 0.3) is 11.8 Å². The molecule has 2 amide bonds. The molecule has 0 aliphatic carbocycles. The minimum absolute atomic E-state index is 0.235. The quantitative estimate of drug-likeness (QED) is 0.323. The van der Waals surface area contributed by atoms with Crippen molar-refractivity contribution < 1.29 is 45.8 Å². The molecular weight excluding hydrogens is 518 g/mol. The molecule has 3 rings (SSSR count). The molecule has 6 nitrogen and oxygen atoms in total. The van der Waals surface area contributed by atoms with Gasteiger partial charge in [-0.2, -0.15) is 26.3 Å². The van der Waals surface area contributed by atoms with Crippen molar-refractivity contribution in [2.45, 2.75) is 25.7 Å². The number of benzene rings is 3. The first kappa shape index (κ1) is 28.2. The van der Waals surface area contributed by atoms with Crippen LogP contribution in [-0.2, 0) is 18.8 Å². The van der Waals surface area contributed by atoms with Gasteiger partial charge in [0.05, 0.1) is 22.3 Å². The van der Waals surface area contributed by atoms with Crippen LogP contribution in [0.4, 0.5) is 32.0 Å². The summed E-state index contributed by atoms with van der Waals surface area (Å²) in [5.74, 6) is -3.22. The van der Waals surface area contributed by atoms with Crippen LogP contribution in [0.3, 0.4) is 0 Å². The number of alkyl halides is 6. The van der Waals surface area contributed by atoms with E-state index in [2.05, 4.69) is 10.6 Å². The second-order valence-electron chi connectivity index (χ2n) is 8.09. The average molecular weight is 538 g/mol. The fourth-order valence-electron chi connectivity index (χ4n) is 3.77. The maximum atomic E-state index is 14.0. The van der Waals surface area contributed by atoms with E-state index in [0.29, 0.717) is 11.6 Å². The zero-order valence-electron chi connectivity index (χ0n) is 19.8. The highest BCUT2D eigenvalue weighted by Gasteiger charge is 2.38. The van der Waals surface area contributed by atoms with Crippen LogP contribution in [0.1, 0.15) is 54.7 Å². The topological polar surface area (TPSA) is 95.5 Å². The number of rotatable bonds is 6. The van der Waals surface area contributed by atoms with Gasteiger partial charge < -0.3 is 15.7 Å². The lowest BCUT2D eigenvalue weighted by Gasteiger charge is -2.19. The van der Waals surface area contributed by atoms with Gasteiger partial charge in [0.1, 0.15) is 0 Å². The van der Waals surface area contributed by atoms with Gasteiger partial charge in [-0.3, -0.25) is 9.59 Å². The largest absolute Gasteiger partial charge is 0.478 e. The van der Waals surface area contributed by atoms with E-state index in [4.69, 9.17) is 0 Å². The molecule has 12 heteroatoms. The standard InChI is InChI=1S/C26H20F6N2O4/c1-3-13-4-7-16(20(10-13)25(27,28)29)17-9-6-15(12-21(17)26(30,31)32)34-22(35)14-5-8-18(24(37)38)19(11-14)23(36)33-2/h4-12H,3H2,1-2H3,(H,33,36)(H,34,35)(H,37,38). The van der Waals surface area contributed by atoms with E-state index in [-0.39, 0.29) is 23.2 Å². The molecule has 0 heterocycles. The highest BCUT2D eigenvalue weighted by Crippen LogP contribution is 2.44. The number of hydrogen-bond acceptors (Lipinski definition) is 3. The van der Waals surface area contributed by atoms with Crippen LogP contribution in [0.5, 0.6) is 0 Å². The minimum Gasteiger partial charge on any atom is -0.478 e. The second kappa shape index (κ2) is 10.6. The van der Waals surface area contributed by atoms with Gasteiger partial charge in [-0.15, -0.1) is 0 Å². The van der Waals surface area contributed by atoms with Crippen LogP contribution in [0, 0.1) is 0 Å². The Morgan fingerprint density at radius 2 is 1.34 bits per heavy atom. The molecule has 0 bridgehead atoms. The zero-order chi connectivity index (χ0) is 28.4. The molecule has 0 aromatic heterocycles. The molecule has 3 aromatic carbocycles. The van der Waals surface area contributed by atoms with Crippen molar-refractivity contribution >= 4 is 23.5 Å². The molecule has 0 radical (unpaired) electrons. The van der Waals surface area contributed by atoms with Gasteiger partial charge in [0, 0.05) is 18.3 Å². The monoisotopic (exact) mass is 538 g/mol. The van der Waals surface area contributed by atoms with Crippen molar-refractivity contribution in [1.82, 2.24) is 5.32 Å². The van der Waals surface area contributed by atoms with E-state index in [0.717, 1.165) is 42.5 Å². The zero-order valence-corrected chi connectivity index (χ0v) is 19.8. The van der Waals surface area contributed by atoms with Crippen LogP contribution in [0.25, 0.3) is 11.1 Å². The summed E-state index contributed by atoms with van der Waals surface area (Å²) in [6.07, 6.45) is -9.74. The Kier molecular flexibility index (Phi) is 7.84. The van der Waals surface area contributed by atoms with Crippen molar-refractivity contribution in [3.05, 3.63) is 88.0 Å². The number of carbonyl (C=O) groups excluding carboxylic acids is 2. The summed E-state index contributed by atoms with van der Waals surface area (Å²) in [5.41, 5.74) is -5.10. The van der Waals surface area contributed by atoms with E-state index in [9.17, 15) is 45.8 Å². The average Bonchev–Trinajstić information content (AvgIpc) is 2.86. The number of hydrogen-bond donors (Lipinski definition) is 3. The Morgan fingerprint density at radius 3 is 1.87 bits per heavy atom. The van der Waals surface area contributed by atoms with E-state index in [1.807, 2.05) is 0 Å². The molecule has 0 aliphatic heterocycles. The predicted octanol–water partition coefficient (Wildman–Crippen LogP) is 6.26. The number of anilines is 1. The van der Waals surface area contributed by atoms with Crippen LogP contribution in [0.15, 0.2) is 54.6 Å². The fraction of sp³-hybridized carbons (Fsp3) is 0.192. The van der Waals surface area contributed by atoms with Gasteiger partial charge >= 0.3 is 18.3 Å². The summed E-state index contributed by atoms with van der Waals surface area (Å²) in [6, 6.07) is 8.46. The van der Waals surface area contributed by atoms with Gasteiger partial charge in [0.2, 0.25) is 0 Å². The lowest BCUT2D eigenvalue weighted by atomic mass is 9.92. The molecule has 3 aromatic rings. The van der Waals surface area contributed by atoms with Crippen molar-refractivity contribution in [3.63, 3.8) is 0 Å². The van der Waals surface area contributed by atoms with Crippen molar-refractivity contribution in [3.8, 4) is 11.1 Å². The number of carbonyl (C=O) groups is 3.